The summed E-state index contributed by atoms with van der Waals surface area (Å²) in [5.41, 5.74) is 0.483. The zero-order valence-electron chi connectivity index (χ0n) is 14.8. The monoisotopic (exact) mass is 398 g/mol. The van der Waals surface area contributed by atoms with E-state index in [4.69, 9.17) is 4.52 Å². The summed E-state index contributed by atoms with van der Waals surface area (Å²) in [6, 6.07) is 9.70. The summed E-state index contributed by atoms with van der Waals surface area (Å²) in [7, 11) is 0. The Balaban J connectivity index is 1.57. The van der Waals surface area contributed by atoms with Crippen LogP contribution >= 0.6 is 11.3 Å². The molecule has 142 valence electrons. The van der Waals surface area contributed by atoms with Gasteiger partial charge in [0, 0.05) is 13.0 Å². The zero-order chi connectivity index (χ0) is 19.5. The molecule has 0 aliphatic carbocycles. The molecule has 0 fully saturated rings. The summed E-state index contributed by atoms with van der Waals surface area (Å²) in [4.78, 5) is 21.7. The van der Waals surface area contributed by atoms with Crippen LogP contribution in [0, 0.1) is 12.7 Å². The highest BCUT2D eigenvalue weighted by Gasteiger charge is 2.19. The van der Waals surface area contributed by atoms with Crippen LogP contribution in [0.3, 0.4) is 0 Å². The number of halogens is 1. The Kier molecular flexibility index (Phi) is 4.94. The molecule has 0 spiro atoms. The first-order valence-electron chi connectivity index (χ1n) is 8.44. The highest BCUT2D eigenvalue weighted by atomic mass is 32.1. The van der Waals surface area contributed by atoms with E-state index in [2.05, 4.69) is 25.5 Å². The number of hydrogen-bond acceptors (Lipinski definition) is 7. The van der Waals surface area contributed by atoms with Crippen molar-refractivity contribution in [1.82, 2.24) is 30.2 Å². The highest BCUT2D eigenvalue weighted by molar-refractivity contribution is 7.13. The molecule has 4 rings (SSSR count). The molecule has 10 heteroatoms. The topological polar surface area (TPSA) is 98.7 Å². The smallest absolute Gasteiger partial charge is 0.291 e. The molecule has 0 aliphatic rings. The summed E-state index contributed by atoms with van der Waals surface area (Å²) in [5.74, 6) is 0.607. The molecule has 0 saturated carbocycles. The number of aryl methyl sites for hydroxylation is 1. The zero-order valence-corrected chi connectivity index (χ0v) is 15.6. The quantitative estimate of drug-likeness (QED) is 0.536. The van der Waals surface area contributed by atoms with Crippen molar-refractivity contribution in [3.05, 3.63) is 65.1 Å². The van der Waals surface area contributed by atoms with E-state index in [-0.39, 0.29) is 5.82 Å². The lowest BCUT2D eigenvalue weighted by Gasteiger charge is -2.04. The molecule has 1 N–H and O–H groups in total. The van der Waals surface area contributed by atoms with Crippen LogP contribution in [0.5, 0.6) is 0 Å². The molecular weight excluding hydrogens is 383 g/mol. The van der Waals surface area contributed by atoms with Crippen molar-refractivity contribution in [2.75, 3.05) is 6.54 Å². The Hall–Kier alpha value is -3.40. The largest absolute Gasteiger partial charge is 0.349 e. The van der Waals surface area contributed by atoms with Crippen LogP contribution in [0.1, 0.15) is 22.3 Å². The maximum atomic E-state index is 13.7. The van der Waals surface area contributed by atoms with Gasteiger partial charge in [-0.1, -0.05) is 17.3 Å². The molecule has 1 amide bonds. The third-order valence-corrected chi connectivity index (χ3v) is 4.66. The van der Waals surface area contributed by atoms with Gasteiger partial charge in [0.2, 0.25) is 11.7 Å². The number of nitrogens with one attached hydrogen (secondary N) is 1. The first kappa shape index (κ1) is 18.0. The number of carbonyl (C=O) groups is 1. The molecule has 3 aromatic heterocycles. The number of thiophene rings is 1. The molecule has 4 aromatic rings. The van der Waals surface area contributed by atoms with Crippen LogP contribution < -0.4 is 5.32 Å². The predicted molar refractivity (Wildman–Crippen MR) is 99.7 cm³/mol. The molecule has 0 radical (unpaired) electrons. The summed E-state index contributed by atoms with van der Waals surface area (Å²) >= 11 is 1.46. The normalized spacial score (nSPS) is 10.9. The maximum Gasteiger partial charge on any atom is 0.291 e. The Morgan fingerprint density at radius 2 is 2.18 bits per heavy atom. The molecule has 28 heavy (non-hydrogen) atoms. The fraction of sp³-hybridized carbons (Fsp3) is 0.167. The number of benzene rings is 1. The van der Waals surface area contributed by atoms with Gasteiger partial charge in [-0.05, 0) is 36.6 Å². The first-order valence-corrected chi connectivity index (χ1v) is 9.32. The van der Waals surface area contributed by atoms with Crippen molar-refractivity contribution in [2.24, 2.45) is 0 Å². The molecule has 0 bridgehead atoms. The average Bonchev–Trinajstić information content (AvgIpc) is 3.42. The minimum Gasteiger partial charge on any atom is -0.349 e. The highest BCUT2D eigenvalue weighted by Crippen LogP contribution is 2.25. The molecule has 1 aromatic carbocycles. The fourth-order valence-electron chi connectivity index (χ4n) is 2.57. The van der Waals surface area contributed by atoms with Crippen molar-refractivity contribution >= 4 is 17.2 Å². The summed E-state index contributed by atoms with van der Waals surface area (Å²) in [6.07, 6.45) is 0.398. The van der Waals surface area contributed by atoms with Crippen molar-refractivity contribution in [1.29, 1.82) is 0 Å². The van der Waals surface area contributed by atoms with Gasteiger partial charge in [0.1, 0.15) is 5.82 Å². The fourth-order valence-corrected chi connectivity index (χ4v) is 3.26. The summed E-state index contributed by atoms with van der Waals surface area (Å²) < 4.78 is 20.1. The number of aromatic nitrogens is 5. The summed E-state index contributed by atoms with van der Waals surface area (Å²) in [6.45, 7) is 2.02. The van der Waals surface area contributed by atoms with E-state index in [1.807, 2.05) is 17.5 Å². The molecule has 0 saturated heterocycles. The molecule has 0 atom stereocenters. The molecule has 8 nitrogen and oxygen atoms in total. The van der Waals surface area contributed by atoms with Crippen LogP contribution in [0.2, 0.25) is 0 Å². The van der Waals surface area contributed by atoms with Crippen molar-refractivity contribution in [3.63, 3.8) is 0 Å². The Bertz CT molecular complexity index is 1110. The Morgan fingerprint density at radius 3 is 2.89 bits per heavy atom. The van der Waals surface area contributed by atoms with Crippen LogP contribution in [-0.2, 0) is 6.42 Å². The second kappa shape index (κ2) is 7.69. The van der Waals surface area contributed by atoms with Gasteiger partial charge >= 0.3 is 0 Å². The van der Waals surface area contributed by atoms with Gasteiger partial charge in [-0.2, -0.15) is 4.98 Å². The van der Waals surface area contributed by atoms with Gasteiger partial charge in [-0.3, -0.25) is 4.79 Å². The molecular formula is C18H15FN6O2S. The minimum atomic E-state index is -0.441. The van der Waals surface area contributed by atoms with Gasteiger partial charge in [-0.25, -0.2) is 14.1 Å². The lowest BCUT2D eigenvalue weighted by molar-refractivity contribution is 0.0943. The van der Waals surface area contributed by atoms with Crippen molar-refractivity contribution in [3.8, 4) is 16.4 Å². The average molecular weight is 398 g/mol. The van der Waals surface area contributed by atoms with E-state index < -0.39 is 11.7 Å². The van der Waals surface area contributed by atoms with E-state index in [1.54, 1.807) is 19.1 Å². The number of carbonyl (C=O) groups excluding carboxylic acids is 1. The van der Waals surface area contributed by atoms with Crippen molar-refractivity contribution < 1.29 is 13.7 Å². The summed E-state index contributed by atoms with van der Waals surface area (Å²) in [5, 5.41) is 12.6. The van der Waals surface area contributed by atoms with Gasteiger partial charge in [0.05, 0.1) is 10.6 Å². The van der Waals surface area contributed by atoms with E-state index in [0.29, 0.717) is 36.2 Å². The maximum absolute atomic E-state index is 13.7. The number of rotatable bonds is 6. The number of amides is 1. The van der Waals surface area contributed by atoms with E-state index in [9.17, 15) is 9.18 Å². The van der Waals surface area contributed by atoms with Gasteiger partial charge in [0.25, 0.3) is 5.91 Å². The minimum absolute atomic E-state index is 0.00521. The van der Waals surface area contributed by atoms with Gasteiger partial charge in [-0.15, -0.1) is 16.4 Å². The third kappa shape index (κ3) is 3.81. The Morgan fingerprint density at radius 1 is 1.29 bits per heavy atom. The van der Waals surface area contributed by atoms with Crippen LogP contribution in [0.15, 0.2) is 46.3 Å². The second-order valence-corrected chi connectivity index (χ2v) is 6.82. The standard InChI is InChI=1S/C18H15FN6O2S/c1-11-21-15(27-24-11)7-8-20-18(26)16-22-17(14-6-3-9-28-14)25(23-16)13-5-2-4-12(19)10-13/h2-6,9-10H,7-8H2,1H3,(H,20,26). The predicted octanol–water partition coefficient (Wildman–Crippen LogP) is 2.80. The molecule has 0 unspecified atom stereocenters. The number of hydrogen-bond donors (Lipinski definition) is 1. The second-order valence-electron chi connectivity index (χ2n) is 5.87. The Labute approximate surface area is 163 Å². The molecule has 3 heterocycles. The lowest BCUT2D eigenvalue weighted by atomic mass is 10.3. The van der Waals surface area contributed by atoms with E-state index in [1.165, 1.54) is 28.2 Å². The van der Waals surface area contributed by atoms with Crippen LogP contribution in [-0.4, -0.2) is 37.4 Å². The number of nitrogens with zero attached hydrogens (tertiary/aromatic N) is 5. The molecule has 0 aliphatic heterocycles. The SMILES string of the molecule is Cc1noc(CCNC(=O)c2nc(-c3cccs3)n(-c3cccc(F)c3)n2)n1. The first-order chi connectivity index (χ1) is 13.6. The van der Waals surface area contributed by atoms with Gasteiger partial charge in [0.15, 0.2) is 11.6 Å². The third-order valence-electron chi connectivity index (χ3n) is 3.80. The van der Waals surface area contributed by atoms with Crippen LogP contribution in [0.4, 0.5) is 4.39 Å². The van der Waals surface area contributed by atoms with E-state index >= 15 is 0 Å². The van der Waals surface area contributed by atoms with E-state index in [0.717, 1.165) is 4.88 Å². The van der Waals surface area contributed by atoms with Crippen LogP contribution in [0.25, 0.3) is 16.4 Å². The van der Waals surface area contributed by atoms with Crippen molar-refractivity contribution in [2.45, 2.75) is 13.3 Å². The lowest BCUT2D eigenvalue weighted by Crippen LogP contribution is -2.27. The van der Waals surface area contributed by atoms with Gasteiger partial charge < -0.3 is 9.84 Å².